The van der Waals surface area contributed by atoms with Crippen molar-refractivity contribution in [3.8, 4) is 5.75 Å². The highest BCUT2D eigenvalue weighted by atomic mass is 35.5. The van der Waals surface area contributed by atoms with Gasteiger partial charge < -0.3 is 10.5 Å². The maximum absolute atomic E-state index is 6.19. The third-order valence-corrected chi connectivity index (χ3v) is 3.94. The molecule has 2 aromatic rings. The molecule has 0 aliphatic carbocycles. The first-order valence-corrected chi connectivity index (χ1v) is 7.00. The summed E-state index contributed by atoms with van der Waals surface area (Å²) >= 11 is 6.19. The maximum atomic E-state index is 6.19. The van der Waals surface area contributed by atoms with Crippen LogP contribution in [0.25, 0.3) is 0 Å². The largest absolute Gasteiger partial charge is 0.496 e. The number of nitrogens with two attached hydrogens (primary N) is 1. The van der Waals surface area contributed by atoms with E-state index in [1.54, 1.807) is 7.11 Å². The number of methoxy groups -OCH3 is 1. The van der Waals surface area contributed by atoms with Crippen molar-refractivity contribution in [3.63, 3.8) is 0 Å². The second kappa shape index (κ2) is 6.29. The highest BCUT2D eigenvalue weighted by molar-refractivity contribution is 6.31. The van der Waals surface area contributed by atoms with Gasteiger partial charge in [0.2, 0.25) is 0 Å². The molecule has 2 rings (SSSR count). The van der Waals surface area contributed by atoms with Crippen LogP contribution in [0, 0.1) is 13.8 Å². The minimum Gasteiger partial charge on any atom is -0.496 e. The second-order valence-electron chi connectivity index (χ2n) is 4.83. The lowest BCUT2D eigenvalue weighted by molar-refractivity contribution is 0.407. The lowest BCUT2D eigenvalue weighted by atomic mass is 10.1. The van der Waals surface area contributed by atoms with Gasteiger partial charge in [-0.05, 0) is 38.4 Å². The Labute approximate surface area is 124 Å². The molecule has 5 heteroatoms. The molecule has 0 saturated heterocycles. The number of ether oxygens (including phenoxy) is 1. The molecule has 0 spiro atoms. The molecule has 2 N–H and O–H groups in total. The van der Waals surface area contributed by atoms with Gasteiger partial charge in [0.05, 0.1) is 30.1 Å². The first-order chi connectivity index (χ1) is 9.56. The van der Waals surface area contributed by atoms with E-state index in [9.17, 15) is 0 Å². The SMILES string of the molecule is COc1ccc(CCN)cc1Cn1nc(C)c(Cl)c1C. The number of aromatic nitrogens is 2. The van der Waals surface area contributed by atoms with Crippen LogP contribution in [0.3, 0.4) is 0 Å². The number of hydrogen-bond acceptors (Lipinski definition) is 3. The van der Waals surface area contributed by atoms with E-state index < -0.39 is 0 Å². The van der Waals surface area contributed by atoms with Crippen LogP contribution in [0.1, 0.15) is 22.5 Å². The first-order valence-electron chi connectivity index (χ1n) is 6.62. The first kappa shape index (κ1) is 14.9. The molecule has 0 unspecified atom stereocenters. The molecular weight excluding hydrogens is 274 g/mol. The van der Waals surface area contributed by atoms with E-state index in [4.69, 9.17) is 22.1 Å². The van der Waals surface area contributed by atoms with Crippen molar-refractivity contribution >= 4 is 11.6 Å². The van der Waals surface area contributed by atoms with Gasteiger partial charge in [0.1, 0.15) is 5.75 Å². The zero-order chi connectivity index (χ0) is 14.7. The zero-order valence-corrected chi connectivity index (χ0v) is 12.9. The quantitative estimate of drug-likeness (QED) is 0.922. The van der Waals surface area contributed by atoms with Crippen LogP contribution in [0.5, 0.6) is 5.75 Å². The van der Waals surface area contributed by atoms with Gasteiger partial charge in [0, 0.05) is 5.56 Å². The summed E-state index contributed by atoms with van der Waals surface area (Å²) in [6, 6.07) is 6.15. The average molecular weight is 294 g/mol. The Morgan fingerprint density at radius 1 is 1.35 bits per heavy atom. The molecule has 0 radical (unpaired) electrons. The molecular formula is C15H20ClN3O. The fourth-order valence-electron chi connectivity index (χ4n) is 2.27. The summed E-state index contributed by atoms with van der Waals surface area (Å²) in [5.74, 6) is 0.856. The van der Waals surface area contributed by atoms with Crippen LogP contribution in [0.15, 0.2) is 18.2 Å². The molecule has 1 heterocycles. The zero-order valence-electron chi connectivity index (χ0n) is 12.1. The van der Waals surface area contributed by atoms with Crippen LogP contribution in [0.4, 0.5) is 0 Å². The predicted molar refractivity (Wildman–Crippen MR) is 81.6 cm³/mol. The van der Waals surface area contributed by atoms with Gasteiger partial charge in [-0.15, -0.1) is 0 Å². The van der Waals surface area contributed by atoms with Gasteiger partial charge in [0.25, 0.3) is 0 Å². The summed E-state index contributed by atoms with van der Waals surface area (Å²) in [6.07, 6.45) is 0.856. The monoisotopic (exact) mass is 293 g/mol. The molecule has 0 saturated carbocycles. The number of aryl methyl sites for hydroxylation is 1. The highest BCUT2D eigenvalue weighted by Crippen LogP contribution is 2.24. The molecule has 4 nitrogen and oxygen atoms in total. The van der Waals surface area contributed by atoms with Crippen molar-refractivity contribution in [2.45, 2.75) is 26.8 Å². The summed E-state index contributed by atoms with van der Waals surface area (Å²) < 4.78 is 7.33. The van der Waals surface area contributed by atoms with Crippen molar-refractivity contribution in [2.24, 2.45) is 5.73 Å². The van der Waals surface area contributed by atoms with Crippen molar-refractivity contribution in [1.82, 2.24) is 9.78 Å². The van der Waals surface area contributed by atoms with Crippen LogP contribution >= 0.6 is 11.6 Å². The summed E-state index contributed by atoms with van der Waals surface area (Å²) in [7, 11) is 1.68. The summed E-state index contributed by atoms with van der Waals surface area (Å²) in [5, 5.41) is 5.18. The van der Waals surface area contributed by atoms with Crippen molar-refractivity contribution in [2.75, 3.05) is 13.7 Å². The third-order valence-electron chi connectivity index (χ3n) is 3.39. The number of halogens is 1. The summed E-state index contributed by atoms with van der Waals surface area (Å²) in [6.45, 7) is 5.16. The Morgan fingerprint density at radius 3 is 2.65 bits per heavy atom. The molecule has 0 aliphatic rings. The van der Waals surface area contributed by atoms with Gasteiger partial charge in [-0.2, -0.15) is 5.10 Å². The van der Waals surface area contributed by atoms with E-state index in [0.29, 0.717) is 13.1 Å². The lowest BCUT2D eigenvalue weighted by Gasteiger charge is -2.12. The van der Waals surface area contributed by atoms with Crippen LogP contribution < -0.4 is 10.5 Å². The van der Waals surface area contributed by atoms with Gasteiger partial charge in [0.15, 0.2) is 0 Å². The molecule has 0 amide bonds. The molecule has 0 bridgehead atoms. The van der Waals surface area contributed by atoms with Crippen molar-refractivity contribution in [3.05, 3.63) is 45.7 Å². The van der Waals surface area contributed by atoms with Gasteiger partial charge in [-0.1, -0.05) is 23.7 Å². The Hall–Kier alpha value is -1.52. The van der Waals surface area contributed by atoms with Crippen molar-refractivity contribution < 1.29 is 4.74 Å². The fraction of sp³-hybridized carbons (Fsp3) is 0.400. The average Bonchev–Trinajstić information content (AvgIpc) is 2.67. The fourth-order valence-corrected chi connectivity index (χ4v) is 2.40. The topological polar surface area (TPSA) is 53.1 Å². The van der Waals surface area contributed by atoms with Crippen LogP contribution in [-0.2, 0) is 13.0 Å². The smallest absolute Gasteiger partial charge is 0.123 e. The van der Waals surface area contributed by atoms with Gasteiger partial charge in [-0.25, -0.2) is 0 Å². The minimum absolute atomic E-state index is 0.636. The Bertz CT molecular complexity index is 607. The van der Waals surface area contributed by atoms with E-state index in [0.717, 1.165) is 34.1 Å². The summed E-state index contributed by atoms with van der Waals surface area (Å²) in [5.41, 5.74) is 9.72. The van der Waals surface area contributed by atoms with Gasteiger partial charge >= 0.3 is 0 Å². The van der Waals surface area contributed by atoms with E-state index in [2.05, 4.69) is 11.2 Å². The molecule has 1 aromatic heterocycles. The Balaban J connectivity index is 2.35. The molecule has 108 valence electrons. The molecule has 20 heavy (non-hydrogen) atoms. The van der Waals surface area contributed by atoms with Crippen LogP contribution in [0.2, 0.25) is 5.02 Å². The number of rotatable bonds is 5. The predicted octanol–water partition coefficient (Wildman–Crippen LogP) is 2.71. The molecule has 1 aromatic carbocycles. The maximum Gasteiger partial charge on any atom is 0.123 e. The molecule has 0 aliphatic heterocycles. The molecule has 0 fully saturated rings. The number of hydrogen-bond donors (Lipinski definition) is 1. The molecule has 0 atom stereocenters. The number of benzene rings is 1. The Morgan fingerprint density at radius 2 is 2.10 bits per heavy atom. The van der Waals surface area contributed by atoms with Crippen molar-refractivity contribution in [1.29, 1.82) is 0 Å². The van der Waals surface area contributed by atoms with E-state index >= 15 is 0 Å². The van der Waals surface area contributed by atoms with E-state index in [-0.39, 0.29) is 0 Å². The minimum atomic E-state index is 0.636. The van der Waals surface area contributed by atoms with E-state index in [1.165, 1.54) is 5.56 Å². The summed E-state index contributed by atoms with van der Waals surface area (Å²) in [4.78, 5) is 0. The number of nitrogens with zero attached hydrogens (tertiary/aromatic N) is 2. The standard InChI is InChI=1S/C15H20ClN3O/c1-10-15(16)11(2)19(18-10)9-13-8-12(6-7-17)4-5-14(13)20-3/h4-5,8H,6-7,9,17H2,1-3H3. The van der Waals surface area contributed by atoms with Crippen LogP contribution in [-0.4, -0.2) is 23.4 Å². The Kier molecular flexibility index (Phi) is 4.68. The highest BCUT2D eigenvalue weighted by Gasteiger charge is 2.12. The second-order valence-corrected chi connectivity index (χ2v) is 5.21. The lowest BCUT2D eigenvalue weighted by Crippen LogP contribution is -2.07. The van der Waals surface area contributed by atoms with Gasteiger partial charge in [-0.3, -0.25) is 4.68 Å². The van der Waals surface area contributed by atoms with E-state index in [1.807, 2.05) is 30.7 Å². The third kappa shape index (κ3) is 2.97. The normalized spacial score (nSPS) is 10.8.